The standard InChI is InChI=1S/C49H55FN8O6S/c1-9-30-13-16-39(65-30)46-58-35-15-12-27(33-23-51-40(53-33)17-14-31-26(4)43(31)56-48(61)64-49(5,6)7)19-29(35)21-37(58)41-32(50)20-28(22-38(41)63-46)34-24-52-44(54-34)36-11-10-18-57(36)45(59)42(25(2)3)55-47(60)62-8/h12-13,15-16,19-26,36,42,46H,9-11,14,17-18H2,1-8H3,(H,51,53)(H,52,54)(H,55,60)(H,56,61). The first-order valence-electron chi connectivity index (χ1n) is 22.3. The molecule has 1 aliphatic carbocycles. The lowest BCUT2D eigenvalue weighted by Crippen LogP contribution is -2.51. The van der Waals surface area contributed by atoms with Crippen LogP contribution in [0.4, 0.5) is 14.0 Å². The van der Waals surface area contributed by atoms with Gasteiger partial charge < -0.3 is 34.4 Å². The minimum Gasteiger partial charge on any atom is -0.464 e. The summed E-state index contributed by atoms with van der Waals surface area (Å²) in [6, 6.07) is 14.7. The van der Waals surface area contributed by atoms with Crippen molar-refractivity contribution in [1.82, 2.24) is 40.0 Å². The van der Waals surface area contributed by atoms with E-state index >= 15 is 4.39 Å². The number of thiophene rings is 1. The number of fused-ring (bicyclic) bond motifs is 5. The summed E-state index contributed by atoms with van der Waals surface area (Å²) in [5.41, 5.74) is 6.49. The predicted octanol–water partition coefficient (Wildman–Crippen LogP) is 10.2. The summed E-state index contributed by atoms with van der Waals surface area (Å²) >= 11 is 1.68. The maximum atomic E-state index is 16.8. The Bertz CT molecular complexity index is 2850. The fourth-order valence-electron chi connectivity index (χ4n) is 9.09. The molecular weight excluding hydrogens is 848 g/mol. The van der Waals surface area contributed by atoms with Gasteiger partial charge in [0.1, 0.15) is 34.9 Å². The summed E-state index contributed by atoms with van der Waals surface area (Å²) < 4.78 is 35.9. The Labute approximate surface area is 381 Å². The van der Waals surface area contributed by atoms with Crippen LogP contribution in [0.15, 0.2) is 72.2 Å². The number of halogens is 1. The third-order valence-electron chi connectivity index (χ3n) is 12.5. The van der Waals surface area contributed by atoms with Crippen molar-refractivity contribution < 1.29 is 33.0 Å². The van der Waals surface area contributed by atoms with Gasteiger partial charge in [0.25, 0.3) is 0 Å². The van der Waals surface area contributed by atoms with Crippen LogP contribution < -0.4 is 15.4 Å². The number of methoxy groups -OCH3 is 1. The normalized spacial score (nSPS) is 18.4. The fraction of sp³-hybridized carbons (Fsp3) is 0.408. The van der Waals surface area contributed by atoms with Crippen LogP contribution in [0.2, 0.25) is 0 Å². The van der Waals surface area contributed by atoms with E-state index in [0.717, 1.165) is 57.8 Å². The first-order chi connectivity index (χ1) is 31.1. The van der Waals surface area contributed by atoms with E-state index in [4.69, 9.17) is 19.2 Å². The number of rotatable bonds is 12. The third kappa shape index (κ3) is 8.63. The summed E-state index contributed by atoms with van der Waals surface area (Å²) in [6.07, 6.45) is 5.66. The second kappa shape index (κ2) is 17.2. The smallest absolute Gasteiger partial charge is 0.411 e. The Balaban J connectivity index is 0.990. The van der Waals surface area contributed by atoms with E-state index in [1.165, 1.54) is 23.6 Å². The van der Waals surface area contributed by atoms with Gasteiger partial charge in [-0.25, -0.2) is 23.9 Å². The number of nitrogens with one attached hydrogen (secondary N) is 4. The van der Waals surface area contributed by atoms with Crippen molar-refractivity contribution in [3.8, 4) is 39.5 Å². The number of imidazole rings is 2. The number of alkyl carbamates (subject to hydrolysis) is 2. The maximum Gasteiger partial charge on any atom is 0.411 e. The molecule has 4 N–H and O–H groups in total. The molecular formula is C49H55FN8O6S. The van der Waals surface area contributed by atoms with E-state index in [0.29, 0.717) is 53.5 Å². The van der Waals surface area contributed by atoms with Gasteiger partial charge in [-0.05, 0) is 100 Å². The number of ether oxygens (including phenoxy) is 3. The molecule has 0 saturated carbocycles. The number of H-pyrrole nitrogens is 2. The molecule has 65 heavy (non-hydrogen) atoms. The Hall–Kier alpha value is -6.42. The number of hydrogen-bond donors (Lipinski definition) is 4. The van der Waals surface area contributed by atoms with Gasteiger partial charge in [-0.1, -0.05) is 33.8 Å². The number of aromatic amines is 2. The second-order valence-corrected chi connectivity index (χ2v) is 19.6. The van der Waals surface area contributed by atoms with E-state index < -0.39 is 35.9 Å². The maximum absolute atomic E-state index is 16.8. The van der Waals surface area contributed by atoms with Gasteiger partial charge in [0.05, 0.1) is 58.6 Å². The minimum absolute atomic E-state index is 0.164. The number of carbonyl (C=O) groups excluding carboxylic acids is 3. The van der Waals surface area contributed by atoms with Crippen molar-refractivity contribution in [3.63, 3.8) is 0 Å². The molecule has 3 amide bonds. The van der Waals surface area contributed by atoms with Crippen molar-refractivity contribution >= 4 is 40.3 Å². The van der Waals surface area contributed by atoms with E-state index in [1.54, 1.807) is 22.4 Å². The molecule has 6 aromatic rings. The van der Waals surface area contributed by atoms with Gasteiger partial charge in [-0.15, -0.1) is 11.3 Å². The SMILES string of the molecule is CCc1ccc(C2Oc3cc(-c4cnc(C5CCCN5C(=O)C(NC(=O)OC)C(C)C)[nH]4)cc(F)c3-c3cc4cc(-c5cnc(CCC6=C(NC(=O)OC(C)(C)C)C6C)[nH]5)ccc4n32)s1. The van der Waals surface area contributed by atoms with Crippen molar-refractivity contribution in [2.24, 2.45) is 11.8 Å². The highest BCUT2D eigenvalue weighted by Crippen LogP contribution is 2.48. The van der Waals surface area contributed by atoms with Gasteiger partial charge >= 0.3 is 12.2 Å². The minimum atomic E-state index is -0.758. The molecule has 4 unspecified atom stereocenters. The highest BCUT2D eigenvalue weighted by Gasteiger charge is 2.39. The van der Waals surface area contributed by atoms with E-state index in [2.05, 4.69) is 68.3 Å². The highest BCUT2D eigenvalue weighted by atomic mass is 32.1. The monoisotopic (exact) mass is 902 g/mol. The van der Waals surface area contributed by atoms with Crippen molar-refractivity contribution in [1.29, 1.82) is 0 Å². The van der Waals surface area contributed by atoms with Crippen LogP contribution in [0.25, 0.3) is 44.7 Å². The van der Waals surface area contributed by atoms with Crippen LogP contribution in [-0.2, 0) is 27.1 Å². The number of aromatic nitrogens is 5. The number of aryl methyl sites for hydroxylation is 2. The van der Waals surface area contributed by atoms with Crippen LogP contribution in [0, 0.1) is 17.7 Å². The van der Waals surface area contributed by atoms with Gasteiger partial charge in [-0.2, -0.15) is 0 Å². The van der Waals surface area contributed by atoms with Gasteiger partial charge in [0.15, 0.2) is 0 Å². The molecule has 0 bridgehead atoms. The number of allylic oxidation sites excluding steroid dienone is 2. The summed E-state index contributed by atoms with van der Waals surface area (Å²) in [4.78, 5) is 58.4. The van der Waals surface area contributed by atoms with E-state index in [9.17, 15) is 14.4 Å². The molecule has 0 radical (unpaired) electrons. The molecule has 1 fully saturated rings. The Kier molecular flexibility index (Phi) is 11.6. The molecule has 1 saturated heterocycles. The molecule has 2 aromatic carbocycles. The quantitative estimate of drug-likeness (QED) is 0.0941. The van der Waals surface area contributed by atoms with Crippen LogP contribution in [-0.4, -0.2) is 72.8 Å². The zero-order valence-electron chi connectivity index (χ0n) is 37.9. The van der Waals surface area contributed by atoms with Gasteiger partial charge in [0, 0.05) is 46.0 Å². The van der Waals surface area contributed by atoms with Crippen molar-refractivity contribution in [2.75, 3.05) is 13.7 Å². The van der Waals surface area contributed by atoms with Crippen LogP contribution >= 0.6 is 11.3 Å². The fourth-order valence-corrected chi connectivity index (χ4v) is 10.1. The largest absolute Gasteiger partial charge is 0.464 e. The second-order valence-electron chi connectivity index (χ2n) is 18.4. The lowest BCUT2D eigenvalue weighted by atomic mass is 10.0. The molecule has 14 nitrogen and oxygen atoms in total. The average Bonchev–Trinajstić information content (AvgIpc) is 4.03. The summed E-state index contributed by atoms with van der Waals surface area (Å²) in [5.74, 6) is 1.24. The number of benzene rings is 2. The number of amides is 3. The average molecular weight is 903 g/mol. The highest BCUT2D eigenvalue weighted by molar-refractivity contribution is 7.12. The number of carbonyl (C=O) groups is 3. The molecule has 2 aliphatic heterocycles. The molecule has 9 rings (SSSR count). The Morgan fingerprint density at radius 1 is 1.00 bits per heavy atom. The number of likely N-dealkylation sites (tertiary alicyclic amines) is 1. The lowest BCUT2D eigenvalue weighted by Gasteiger charge is -2.30. The van der Waals surface area contributed by atoms with Crippen molar-refractivity contribution in [2.45, 2.75) is 104 Å². The lowest BCUT2D eigenvalue weighted by molar-refractivity contribution is -0.135. The Morgan fingerprint density at radius 2 is 1.78 bits per heavy atom. The van der Waals surface area contributed by atoms with Gasteiger partial charge in [0.2, 0.25) is 12.1 Å². The molecule has 0 spiro atoms. The molecule has 3 aliphatic rings. The molecule has 4 aromatic heterocycles. The predicted molar refractivity (Wildman–Crippen MR) is 247 cm³/mol. The first-order valence-corrected chi connectivity index (χ1v) is 23.1. The van der Waals surface area contributed by atoms with Crippen LogP contribution in [0.1, 0.15) is 101 Å². The zero-order chi connectivity index (χ0) is 45.9. The topological polar surface area (TPSA) is 168 Å². The van der Waals surface area contributed by atoms with Gasteiger partial charge in [-0.3, -0.25) is 14.7 Å². The molecule has 4 atom stereocenters. The van der Waals surface area contributed by atoms with Crippen LogP contribution in [0.3, 0.4) is 0 Å². The third-order valence-corrected chi connectivity index (χ3v) is 13.7. The van der Waals surface area contributed by atoms with Crippen LogP contribution in [0.5, 0.6) is 5.75 Å². The zero-order valence-corrected chi connectivity index (χ0v) is 38.7. The first kappa shape index (κ1) is 43.8. The summed E-state index contributed by atoms with van der Waals surface area (Å²) in [5, 5.41) is 6.52. The summed E-state index contributed by atoms with van der Waals surface area (Å²) in [6.45, 7) is 14.0. The molecule has 6 heterocycles. The summed E-state index contributed by atoms with van der Waals surface area (Å²) in [7, 11) is 1.27. The molecule has 340 valence electrons. The van der Waals surface area contributed by atoms with E-state index in [1.807, 2.05) is 59.0 Å². The number of nitrogens with zero attached hydrogens (tertiary/aromatic N) is 4. The van der Waals surface area contributed by atoms with Crippen molar-refractivity contribution in [3.05, 3.63) is 99.4 Å². The van der Waals surface area contributed by atoms with E-state index in [-0.39, 0.29) is 23.8 Å². The molecule has 16 heteroatoms. The Morgan fingerprint density at radius 3 is 2.52 bits per heavy atom. The number of hydrogen-bond acceptors (Lipinski definition) is 9.